The zero-order chi connectivity index (χ0) is 56.6. The normalized spacial score (nSPS) is 19.2. The van der Waals surface area contributed by atoms with Gasteiger partial charge in [-0.05, 0) is 120 Å². The Morgan fingerprint density at radius 2 is 1.10 bits per heavy atom. The first kappa shape index (κ1) is 70.8. The van der Waals surface area contributed by atoms with Gasteiger partial charge in [0.05, 0.1) is 33.9 Å². The van der Waals surface area contributed by atoms with Gasteiger partial charge in [-0.25, -0.2) is 19.9 Å². The minimum atomic E-state index is -0.282. The molecule has 4 N–H and O–H groups in total. The fraction of sp³-hybridized carbons (Fsp3) is 0.515. The van der Waals surface area contributed by atoms with E-state index < -0.39 is 0 Å². The molecule has 444 valence electrons. The maximum atomic E-state index is 13.0. The number of amides is 2. The van der Waals surface area contributed by atoms with Crippen molar-refractivity contribution in [2.24, 2.45) is 35.0 Å². The van der Waals surface area contributed by atoms with Crippen molar-refractivity contribution in [3.8, 4) is 0 Å². The number of anilines is 2. The van der Waals surface area contributed by atoms with Crippen molar-refractivity contribution < 1.29 is 19.2 Å². The molecule has 0 radical (unpaired) electrons. The van der Waals surface area contributed by atoms with E-state index in [1.807, 2.05) is 119 Å². The molecule has 81 heavy (non-hydrogen) atoms. The summed E-state index contributed by atoms with van der Waals surface area (Å²) in [5, 5.41) is 6.64. The van der Waals surface area contributed by atoms with Crippen molar-refractivity contribution in [1.82, 2.24) is 40.0 Å². The Morgan fingerprint density at radius 3 is 1.51 bits per heavy atom. The monoisotopic (exact) mass is 1130 g/mol. The van der Waals surface area contributed by atoms with E-state index in [0.717, 1.165) is 112 Å². The molecular formula is C66H99ClN10O4. The number of ketones is 2. The van der Waals surface area contributed by atoms with Gasteiger partial charge in [0.1, 0.15) is 24.2 Å². The Kier molecular flexibility index (Phi) is 31.6. The van der Waals surface area contributed by atoms with Gasteiger partial charge in [-0.2, -0.15) is 0 Å². The summed E-state index contributed by atoms with van der Waals surface area (Å²) in [4.78, 5) is 71.4. The summed E-state index contributed by atoms with van der Waals surface area (Å²) in [6.45, 7) is 29.2. The summed E-state index contributed by atoms with van der Waals surface area (Å²) in [7, 11) is 0. The summed E-state index contributed by atoms with van der Waals surface area (Å²) in [5.74, 6) is 3.91. The molecule has 14 nitrogen and oxygen atoms in total. The highest BCUT2D eigenvalue weighted by molar-refractivity contribution is 6.17. The van der Waals surface area contributed by atoms with Gasteiger partial charge < -0.3 is 31.1 Å². The Bertz CT molecular complexity index is 2570. The molecule has 3 aromatic carbocycles. The first-order chi connectivity index (χ1) is 37.5. The highest BCUT2D eigenvalue weighted by Crippen LogP contribution is 2.33. The van der Waals surface area contributed by atoms with Crippen LogP contribution in [0.4, 0.5) is 11.4 Å². The number of nitrogens with one attached hydrogen (secondary N) is 2. The van der Waals surface area contributed by atoms with Crippen LogP contribution in [0.5, 0.6) is 0 Å². The molecule has 15 heteroatoms. The van der Waals surface area contributed by atoms with E-state index in [1.54, 1.807) is 0 Å². The number of nitrogens with two attached hydrogens (primary N) is 1. The van der Waals surface area contributed by atoms with Crippen molar-refractivity contribution in [3.63, 3.8) is 0 Å². The highest BCUT2D eigenvalue weighted by Gasteiger charge is 2.42. The maximum Gasteiger partial charge on any atom is 0.257 e. The van der Waals surface area contributed by atoms with Crippen LogP contribution in [-0.4, -0.2) is 129 Å². The number of rotatable bonds is 12. The number of aryl methyl sites for hydroxylation is 5. The molecule has 5 aromatic rings. The molecule has 2 aromatic heterocycles. The first-order valence-electron chi connectivity index (χ1n) is 27.9. The van der Waals surface area contributed by atoms with Crippen LogP contribution >= 0.6 is 11.6 Å². The van der Waals surface area contributed by atoms with Gasteiger partial charge in [-0.15, -0.1) is 24.8 Å². The second-order valence-electron chi connectivity index (χ2n) is 22.0. The molecule has 5 unspecified atom stereocenters. The Labute approximate surface area is 492 Å². The first-order valence-corrected chi connectivity index (χ1v) is 28.4. The largest absolute Gasteiger partial charge is 0.399 e. The minimum Gasteiger partial charge on any atom is -0.399 e. The van der Waals surface area contributed by atoms with Crippen LogP contribution in [0, 0.1) is 62.7 Å². The second-order valence-corrected chi connectivity index (χ2v) is 22.4. The van der Waals surface area contributed by atoms with Crippen LogP contribution in [0.25, 0.3) is 0 Å². The summed E-state index contributed by atoms with van der Waals surface area (Å²) >= 11 is 5.53. The van der Waals surface area contributed by atoms with Gasteiger partial charge >= 0.3 is 0 Å². The number of carbonyl (C=O) groups excluding carboxylic acids is 4. The molecule has 5 aliphatic rings. The van der Waals surface area contributed by atoms with E-state index in [0.29, 0.717) is 47.6 Å². The fourth-order valence-electron chi connectivity index (χ4n) is 10.8. The lowest BCUT2D eigenvalue weighted by Gasteiger charge is -2.22. The average Bonchev–Trinajstić information content (AvgIpc) is 4.44. The van der Waals surface area contributed by atoms with Crippen LogP contribution in [0.2, 0.25) is 0 Å². The zero-order valence-electron chi connectivity index (χ0n) is 47.6. The highest BCUT2D eigenvalue weighted by atomic mass is 35.5. The number of aromatic nitrogens is 4. The standard InChI is InChI=1S/C23H30N4O.C13H18N4O.C10H16O2.C9H12ClN.C6H7N.C2H4.3CH4/c1-17-22(18(2)25-16-24-17)23(28)27-14-20-12-26(13-21(20)15-27)11-7-6-10-19-8-4-3-5-9-19;1-8-12(9(2)16-7-15-8)13(18)17-5-10-3-14-4-11(10)6-17;1-10(2,3)9(12)7-4-5-8(11)6-7;10-7-4-8-11-9-5-2-1-3-6-9;7-6-4-2-1-3-5-6;1-2;;;/h3-5,8-9,16,20-21H,6-7,10-15H2,1-2H3;7,10-11,14H,3-6H2,1-2H3;7H,4-6H2,1-3H3;1-3,5-6,11H,4,7-8H2;1-5H,7H2;1-2H2;3*1H4. The zero-order valence-corrected chi connectivity index (χ0v) is 48.3. The van der Waals surface area contributed by atoms with Crippen LogP contribution in [-0.2, 0) is 16.0 Å². The Balaban J connectivity index is 0.000000366. The third-order valence-electron chi connectivity index (χ3n) is 15.0. The lowest BCUT2D eigenvalue weighted by molar-refractivity contribution is -0.131. The smallest absolute Gasteiger partial charge is 0.257 e. The molecule has 2 amide bonds. The molecule has 4 saturated heterocycles. The molecular weight excluding hydrogens is 1030 g/mol. The number of halogens is 1. The molecule has 1 saturated carbocycles. The minimum absolute atomic E-state index is 0. The lowest BCUT2D eigenvalue weighted by Crippen LogP contribution is -2.34. The number of carbonyl (C=O) groups is 4. The van der Waals surface area contributed by atoms with Crippen LogP contribution in [0.15, 0.2) is 117 Å². The predicted molar refractivity (Wildman–Crippen MR) is 337 cm³/mol. The topological polar surface area (TPSA) is 180 Å². The van der Waals surface area contributed by atoms with Crippen LogP contribution in [0.3, 0.4) is 0 Å². The summed E-state index contributed by atoms with van der Waals surface area (Å²) < 4.78 is 0. The Morgan fingerprint density at radius 1 is 0.654 bits per heavy atom. The summed E-state index contributed by atoms with van der Waals surface area (Å²) in [6, 6.07) is 30.4. The summed E-state index contributed by atoms with van der Waals surface area (Å²) in [6.07, 6.45) is 9.58. The number of nitrogen functional groups attached to an aromatic ring is 1. The van der Waals surface area contributed by atoms with Crippen molar-refractivity contribution >= 4 is 46.4 Å². The van der Waals surface area contributed by atoms with Gasteiger partial charge in [-0.3, -0.25) is 19.2 Å². The van der Waals surface area contributed by atoms with E-state index in [9.17, 15) is 19.2 Å². The molecule has 6 heterocycles. The number of benzene rings is 3. The van der Waals surface area contributed by atoms with Gasteiger partial charge in [0, 0.05) is 100 Å². The average molecular weight is 1130 g/mol. The molecule has 5 fully saturated rings. The summed E-state index contributed by atoms with van der Waals surface area (Å²) in [5.41, 5.74) is 13.0. The number of fused-ring (bicyclic) bond motifs is 2. The Hall–Kier alpha value is -6.35. The van der Waals surface area contributed by atoms with Gasteiger partial charge in [0.2, 0.25) is 0 Å². The van der Waals surface area contributed by atoms with E-state index in [2.05, 4.69) is 79.0 Å². The third kappa shape index (κ3) is 22.2. The number of para-hydroxylation sites is 2. The molecule has 0 spiro atoms. The van der Waals surface area contributed by atoms with Crippen LogP contribution < -0.4 is 16.4 Å². The number of hydrogen-bond donors (Lipinski definition) is 3. The fourth-order valence-corrected chi connectivity index (χ4v) is 11.0. The van der Waals surface area contributed by atoms with Crippen molar-refractivity contribution in [1.29, 1.82) is 0 Å². The van der Waals surface area contributed by atoms with Crippen molar-refractivity contribution in [3.05, 3.63) is 156 Å². The van der Waals surface area contributed by atoms with Gasteiger partial charge in [0.25, 0.3) is 11.8 Å². The van der Waals surface area contributed by atoms with E-state index in [4.69, 9.17) is 17.3 Å². The number of unbranched alkanes of at least 4 members (excludes halogenated alkanes) is 1. The second kappa shape index (κ2) is 36.2. The predicted octanol–water partition coefficient (Wildman–Crippen LogP) is 12.2. The van der Waals surface area contributed by atoms with Crippen molar-refractivity contribution in [2.45, 2.75) is 116 Å². The molecule has 1 aliphatic carbocycles. The van der Waals surface area contributed by atoms with E-state index in [-0.39, 0.29) is 57.0 Å². The number of nitrogens with zero attached hydrogens (tertiary/aromatic N) is 7. The molecule has 4 aliphatic heterocycles. The SMILES string of the molecule is C.C.C.C=C.CC(C)(C)C(=O)C1CCC(=O)C1.Cc1ncnc(C)c1C(=O)N1CC2CN(CCCCc3ccccc3)CC2C1.Cc1ncnc(C)c1C(=O)N1CC2CNCC2C1.ClCCCNc1ccccc1.Nc1ccccc1. The number of likely N-dealkylation sites (tertiary alicyclic amines) is 3. The van der Waals surface area contributed by atoms with E-state index >= 15 is 0 Å². The quantitative estimate of drug-likeness (QED) is 0.0466. The van der Waals surface area contributed by atoms with E-state index in [1.165, 1.54) is 44.0 Å². The molecule has 10 rings (SSSR count). The van der Waals surface area contributed by atoms with Gasteiger partial charge in [-0.1, -0.05) is 110 Å². The van der Waals surface area contributed by atoms with Crippen molar-refractivity contribution in [2.75, 3.05) is 82.4 Å². The van der Waals surface area contributed by atoms with Crippen LogP contribution in [0.1, 0.15) is 131 Å². The van der Waals surface area contributed by atoms with Gasteiger partial charge in [0.15, 0.2) is 0 Å². The number of Topliss-reactive ketones (excluding diaryl/α,β-unsaturated/α-hetero) is 2. The number of alkyl halides is 1. The molecule has 5 atom stereocenters. The molecule has 0 bridgehead atoms. The third-order valence-corrected chi connectivity index (χ3v) is 15.3. The number of hydrogen-bond acceptors (Lipinski definition) is 12. The lowest BCUT2D eigenvalue weighted by atomic mass is 9.82. The maximum absolute atomic E-state index is 13.0.